The molecule has 0 aliphatic carbocycles. The van der Waals surface area contributed by atoms with Crippen LogP contribution in [0.4, 0.5) is 0 Å². The molecule has 0 fully saturated rings. The molecule has 0 atom stereocenters. The summed E-state index contributed by atoms with van der Waals surface area (Å²) in [4.78, 5) is 20.7. The van der Waals surface area contributed by atoms with Crippen LogP contribution in [0, 0.1) is 13.8 Å². The van der Waals surface area contributed by atoms with E-state index in [4.69, 9.17) is 13.9 Å². The van der Waals surface area contributed by atoms with Gasteiger partial charge in [-0.2, -0.15) is 0 Å². The van der Waals surface area contributed by atoms with Gasteiger partial charge in [-0.05, 0) is 38.0 Å². The lowest BCUT2D eigenvalue weighted by molar-refractivity contribution is 0.0563. The highest BCUT2D eigenvalue weighted by molar-refractivity contribution is 5.91. The van der Waals surface area contributed by atoms with Crippen molar-refractivity contribution in [1.82, 2.24) is 9.97 Å². The van der Waals surface area contributed by atoms with E-state index in [1.54, 1.807) is 39.3 Å². The third-order valence-corrected chi connectivity index (χ3v) is 4.54. The molecule has 3 rings (SSSR count). The van der Waals surface area contributed by atoms with Crippen LogP contribution in [0.25, 0.3) is 22.4 Å². The topological polar surface area (TPSA) is 94.7 Å². The summed E-state index contributed by atoms with van der Waals surface area (Å²) in [7, 11) is 2.86. The summed E-state index contributed by atoms with van der Waals surface area (Å²) in [6.45, 7) is 5.53. The zero-order valence-electron chi connectivity index (χ0n) is 16.5. The number of phenols is 1. The van der Waals surface area contributed by atoms with Crippen LogP contribution < -0.4 is 4.74 Å². The Morgan fingerprint density at radius 1 is 1.14 bits per heavy atom. The SMILES string of the molecule is CCc1cc(-c2nc(C)ncc2-c2cc(C(=O)OC)oc2C)c(O)cc1OC. The number of carbonyl (C=O) groups excluding carboxylic acids is 1. The third-order valence-electron chi connectivity index (χ3n) is 4.54. The molecule has 28 heavy (non-hydrogen) atoms. The maximum atomic E-state index is 11.8. The van der Waals surface area contributed by atoms with Gasteiger partial charge in [0.05, 0.1) is 19.9 Å². The van der Waals surface area contributed by atoms with Crippen molar-refractivity contribution in [2.24, 2.45) is 0 Å². The molecular formula is C21H22N2O5. The summed E-state index contributed by atoms with van der Waals surface area (Å²) in [6, 6.07) is 5.04. The molecule has 7 heteroatoms. The summed E-state index contributed by atoms with van der Waals surface area (Å²) in [6.07, 6.45) is 2.39. The Balaban J connectivity index is 2.24. The Kier molecular flexibility index (Phi) is 5.35. The van der Waals surface area contributed by atoms with Crippen LogP contribution in [0.15, 0.2) is 28.8 Å². The quantitative estimate of drug-likeness (QED) is 0.664. The molecule has 2 heterocycles. The fourth-order valence-corrected chi connectivity index (χ4v) is 3.09. The van der Waals surface area contributed by atoms with Crippen LogP contribution in [-0.4, -0.2) is 35.3 Å². The molecule has 146 valence electrons. The lowest BCUT2D eigenvalue weighted by Gasteiger charge is -2.14. The number of carbonyl (C=O) groups is 1. The van der Waals surface area contributed by atoms with Crippen molar-refractivity contribution >= 4 is 5.97 Å². The van der Waals surface area contributed by atoms with E-state index in [9.17, 15) is 9.90 Å². The number of methoxy groups -OCH3 is 2. The number of phenolic OH excluding ortho intramolecular Hbond substituents is 1. The molecule has 7 nitrogen and oxygen atoms in total. The van der Waals surface area contributed by atoms with E-state index in [1.807, 2.05) is 13.0 Å². The molecule has 0 aliphatic rings. The van der Waals surface area contributed by atoms with Crippen LogP contribution in [-0.2, 0) is 11.2 Å². The highest BCUT2D eigenvalue weighted by atomic mass is 16.5. The van der Waals surface area contributed by atoms with E-state index in [0.717, 1.165) is 12.0 Å². The van der Waals surface area contributed by atoms with Gasteiger partial charge < -0.3 is 19.0 Å². The van der Waals surface area contributed by atoms with Gasteiger partial charge >= 0.3 is 5.97 Å². The van der Waals surface area contributed by atoms with Gasteiger partial charge in [0.2, 0.25) is 5.76 Å². The standard InChI is InChI=1S/C21H22N2O5/c1-6-13-7-15(17(24)9-18(13)26-4)20-16(10-22-12(3)23-20)14-8-19(21(25)27-5)28-11(14)2/h7-10,24H,6H2,1-5H3. The highest BCUT2D eigenvalue weighted by Gasteiger charge is 2.22. The second kappa shape index (κ2) is 7.72. The molecule has 0 bridgehead atoms. The van der Waals surface area contributed by atoms with E-state index < -0.39 is 5.97 Å². The number of esters is 1. The zero-order chi connectivity index (χ0) is 20.4. The van der Waals surface area contributed by atoms with Crippen molar-refractivity contribution < 1.29 is 23.8 Å². The first-order valence-corrected chi connectivity index (χ1v) is 8.82. The van der Waals surface area contributed by atoms with E-state index in [0.29, 0.717) is 39.7 Å². The first kappa shape index (κ1) is 19.4. The van der Waals surface area contributed by atoms with E-state index in [1.165, 1.54) is 7.11 Å². The maximum absolute atomic E-state index is 11.8. The molecule has 0 radical (unpaired) electrons. The van der Waals surface area contributed by atoms with Crippen molar-refractivity contribution in [2.45, 2.75) is 27.2 Å². The monoisotopic (exact) mass is 382 g/mol. The Morgan fingerprint density at radius 3 is 2.54 bits per heavy atom. The molecule has 0 spiro atoms. The first-order valence-electron chi connectivity index (χ1n) is 8.82. The summed E-state index contributed by atoms with van der Waals surface area (Å²) < 4.78 is 15.6. The number of aromatic hydroxyl groups is 1. The minimum absolute atomic E-state index is 0.0442. The number of nitrogens with zero attached hydrogens (tertiary/aromatic N) is 2. The van der Waals surface area contributed by atoms with Gasteiger partial charge in [-0.25, -0.2) is 14.8 Å². The molecule has 1 aromatic carbocycles. The second-order valence-corrected chi connectivity index (χ2v) is 6.29. The van der Waals surface area contributed by atoms with Gasteiger partial charge in [0.15, 0.2) is 0 Å². The fourth-order valence-electron chi connectivity index (χ4n) is 3.09. The molecule has 2 aromatic heterocycles. The minimum Gasteiger partial charge on any atom is -0.507 e. The average molecular weight is 382 g/mol. The Morgan fingerprint density at radius 2 is 1.89 bits per heavy atom. The lowest BCUT2D eigenvalue weighted by Crippen LogP contribution is -1.99. The minimum atomic E-state index is -0.565. The molecule has 1 N–H and O–H groups in total. The summed E-state index contributed by atoms with van der Waals surface area (Å²) in [5.74, 6) is 1.27. The number of benzene rings is 1. The van der Waals surface area contributed by atoms with Gasteiger partial charge in [-0.1, -0.05) is 6.92 Å². The normalized spacial score (nSPS) is 10.8. The molecule has 0 aliphatic heterocycles. The zero-order valence-corrected chi connectivity index (χ0v) is 16.5. The van der Waals surface area contributed by atoms with Crippen LogP contribution in [0.5, 0.6) is 11.5 Å². The third kappa shape index (κ3) is 3.43. The van der Waals surface area contributed by atoms with Crippen molar-refractivity contribution in [3.05, 3.63) is 47.3 Å². The molecular weight excluding hydrogens is 360 g/mol. The average Bonchev–Trinajstić information content (AvgIpc) is 3.08. The molecule has 0 saturated heterocycles. The number of aromatic nitrogens is 2. The Bertz CT molecular complexity index is 1040. The van der Waals surface area contributed by atoms with Crippen LogP contribution >= 0.6 is 0 Å². The first-order chi connectivity index (χ1) is 13.4. The number of ether oxygens (including phenoxy) is 2. The summed E-state index contributed by atoms with van der Waals surface area (Å²) in [5.41, 5.74) is 3.34. The number of hydrogen-bond acceptors (Lipinski definition) is 7. The number of aryl methyl sites for hydroxylation is 3. The number of hydrogen-bond donors (Lipinski definition) is 1. The lowest BCUT2D eigenvalue weighted by atomic mass is 9.97. The van der Waals surface area contributed by atoms with E-state index >= 15 is 0 Å². The van der Waals surface area contributed by atoms with Crippen LogP contribution in [0.1, 0.15) is 34.6 Å². The summed E-state index contributed by atoms with van der Waals surface area (Å²) in [5, 5.41) is 10.6. The highest BCUT2D eigenvalue weighted by Crippen LogP contribution is 2.40. The van der Waals surface area contributed by atoms with E-state index in [-0.39, 0.29) is 11.5 Å². The largest absolute Gasteiger partial charge is 0.507 e. The second-order valence-electron chi connectivity index (χ2n) is 6.29. The van der Waals surface area contributed by atoms with Gasteiger partial charge in [-0.15, -0.1) is 0 Å². The molecule has 0 saturated carbocycles. The molecule has 0 amide bonds. The van der Waals surface area contributed by atoms with Crippen molar-refractivity contribution in [3.63, 3.8) is 0 Å². The number of rotatable bonds is 5. The predicted molar refractivity (Wildman–Crippen MR) is 104 cm³/mol. The maximum Gasteiger partial charge on any atom is 0.373 e. The number of furan rings is 1. The fraction of sp³-hybridized carbons (Fsp3) is 0.286. The van der Waals surface area contributed by atoms with Gasteiger partial charge in [-0.3, -0.25) is 0 Å². The van der Waals surface area contributed by atoms with Crippen molar-refractivity contribution in [2.75, 3.05) is 14.2 Å². The molecule has 0 unspecified atom stereocenters. The van der Waals surface area contributed by atoms with Gasteiger partial charge in [0.25, 0.3) is 0 Å². The van der Waals surface area contributed by atoms with Crippen molar-refractivity contribution in [3.8, 4) is 33.9 Å². The van der Waals surface area contributed by atoms with Crippen LogP contribution in [0.2, 0.25) is 0 Å². The van der Waals surface area contributed by atoms with Gasteiger partial charge in [0, 0.05) is 29.0 Å². The van der Waals surface area contributed by atoms with Gasteiger partial charge in [0.1, 0.15) is 23.1 Å². The van der Waals surface area contributed by atoms with Crippen LogP contribution in [0.3, 0.4) is 0 Å². The Labute approximate surface area is 163 Å². The smallest absolute Gasteiger partial charge is 0.373 e. The molecule has 3 aromatic rings. The Hall–Kier alpha value is -3.35. The summed E-state index contributed by atoms with van der Waals surface area (Å²) >= 11 is 0. The van der Waals surface area contributed by atoms with Crippen molar-refractivity contribution in [1.29, 1.82) is 0 Å². The predicted octanol–water partition coefficient (Wildman–Crippen LogP) is 4.08. The van der Waals surface area contributed by atoms with E-state index in [2.05, 4.69) is 9.97 Å².